The summed E-state index contributed by atoms with van der Waals surface area (Å²) in [5.41, 5.74) is 1.01. The van der Waals surface area contributed by atoms with E-state index in [9.17, 15) is 14.4 Å². The number of ketones is 1. The molecule has 150 valence electrons. The molecule has 2 aromatic rings. The van der Waals surface area contributed by atoms with Gasteiger partial charge in [0.1, 0.15) is 5.75 Å². The van der Waals surface area contributed by atoms with Gasteiger partial charge < -0.3 is 4.74 Å². The minimum atomic E-state index is -0.254. The number of carbonyl (C=O) groups excluding carboxylic acids is 3. The van der Waals surface area contributed by atoms with E-state index in [1.54, 1.807) is 48.5 Å². The number of allylic oxidation sites excluding steroid dienone is 2. The first-order valence-corrected chi connectivity index (χ1v) is 10.5. The van der Waals surface area contributed by atoms with Gasteiger partial charge in [-0.25, -0.2) is 4.90 Å². The van der Waals surface area contributed by atoms with Crippen LogP contribution in [-0.4, -0.2) is 24.2 Å². The SMILES string of the molecule is O=C(COc1ccccc1N1C(=O)[C@@H]2[C@@H]3C=C[C@H]([C@H]4C[C@H]34)[C@@H]2C1=O)c1ccccc1. The molecule has 5 aliphatic rings. The molecule has 2 bridgehead atoms. The van der Waals surface area contributed by atoms with Gasteiger partial charge in [0.25, 0.3) is 0 Å². The van der Waals surface area contributed by atoms with Crippen LogP contribution < -0.4 is 9.64 Å². The number of amides is 2. The summed E-state index contributed by atoms with van der Waals surface area (Å²) in [6.07, 6.45) is 5.46. The highest BCUT2D eigenvalue weighted by molar-refractivity contribution is 6.23. The molecule has 2 saturated carbocycles. The Morgan fingerprint density at radius 2 is 1.47 bits per heavy atom. The van der Waals surface area contributed by atoms with Gasteiger partial charge in [-0.1, -0.05) is 54.6 Å². The number of carbonyl (C=O) groups is 3. The molecule has 0 radical (unpaired) electrons. The fourth-order valence-electron chi connectivity index (χ4n) is 5.81. The maximum Gasteiger partial charge on any atom is 0.238 e. The van der Waals surface area contributed by atoms with Gasteiger partial charge in [0, 0.05) is 5.56 Å². The highest BCUT2D eigenvalue weighted by Crippen LogP contribution is 2.65. The molecule has 1 saturated heterocycles. The quantitative estimate of drug-likeness (QED) is 0.439. The maximum absolute atomic E-state index is 13.4. The Labute approximate surface area is 174 Å². The standard InChI is InChI=1S/C25H21NO4/c27-20(14-6-2-1-3-7-14)13-30-21-9-5-4-8-19(21)26-24(28)22-15-10-11-16(18-12-17(15)18)23(22)25(26)29/h1-11,15-18,22-23H,12-13H2/t15-,16-,17-,18-,22-,23+/m1/s1. The number of imide groups is 1. The van der Waals surface area contributed by atoms with Crippen LogP contribution in [0.5, 0.6) is 5.75 Å². The third kappa shape index (κ3) is 2.44. The zero-order valence-corrected chi connectivity index (χ0v) is 16.3. The van der Waals surface area contributed by atoms with Crippen molar-refractivity contribution in [2.45, 2.75) is 6.42 Å². The van der Waals surface area contributed by atoms with Gasteiger partial charge in [-0.3, -0.25) is 14.4 Å². The normalized spacial score (nSPS) is 32.7. The fraction of sp³-hybridized carbons (Fsp3) is 0.320. The largest absolute Gasteiger partial charge is 0.483 e. The molecule has 5 heteroatoms. The average Bonchev–Trinajstić information content (AvgIpc) is 3.56. The van der Waals surface area contributed by atoms with Gasteiger partial charge in [0.05, 0.1) is 17.5 Å². The lowest BCUT2D eigenvalue weighted by molar-refractivity contribution is -0.124. The second-order valence-corrected chi connectivity index (χ2v) is 8.71. The van der Waals surface area contributed by atoms with Crippen molar-refractivity contribution in [1.82, 2.24) is 0 Å². The van der Waals surface area contributed by atoms with E-state index in [1.807, 2.05) is 6.07 Å². The second-order valence-electron chi connectivity index (χ2n) is 8.71. The molecule has 1 heterocycles. The molecule has 2 aromatic carbocycles. The number of benzene rings is 2. The van der Waals surface area contributed by atoms with Crippen LogP contribution >= 0.6 is 0 Å². The van der Waals surface area contributed by atoms with Crippen molar-refractivity contribution in [3.63, 3.8) is 0 Å². The fourth-order valence-corrected chi connectivity index (χ4v) is 5.81. The number of para-hydroxylation sites is 2. The molecule has 3 fully saturated rings. The first kappa shape index (κ1) is 17.6. The first-order chi connectivity index (χ1) is 14.6. The summed E-state index contributed by atoms with van der Waals surface area (Å²) in [6.45, 7) is -0.152. The van der Waals surface area contributed by atoms with Crippen LogP contribution in [0.2, 0.25) is 0 Å². The topological polar surface area (TPSA) is 63.7 Å². The summed E-state index contributed by atoms with van der Waals surface area (Å²) >= 11 is 0. The lowest BCUT2D eigenvalue weighted by atomic mass is 9.63. The smallest absolute Gasteiger partial charge is 0.238 e. The Bertz CT molecular complexity index is 1060. The molecule has 7 rings (SSSR count). The number of hydrogen-bond acceptors (Lipinski definition) is 4. The van der Waals surface area contributed by atoms with E-state index in [4.69, 9.17) is 4.74 Å². The predicted molar refractivity (Wildman–Crippen MR) is 110 cm³/mol. The third-order valence-corrected chi connectivity index (χ3v) is 7.22. The Balaban J connectivity index is 1.28. The molecule has 6 atom stereocenters. The van der Waals surface area contributed by atoms with Crippen LogP contribution in [0.1, 0.15) is 16.8 Å². The molecule has 0 aromatic heterocycles. The number of ether oxygens (including phenoxy) is 1. The molecule has 2 amide bonds. The molecule has 0 unspecified atom stereocenters. The molecule has 0 spiro atoms. The summed E-state index contributed by atoms with van der Waals surface area (Å²) in [4.78, 5) is 40.5. The van der Waals surface area contributed by atoms with Crippen molar-refractivity contribution in [1.29, 1.82) is 0 Å². The lowest BCUT2D eigenvalue weighted by Gasteiger charge is -2.37. The van der Waals surface area contributed by atoms with Gasteiger partial charge >= 0.3 is 0 Å². The van der Waals surface area contributed by atoms with Crippen molar-refractivity contribution >= 4 is 23.3 Å². The molecule has 5 nitrogen and oxygen atoms in total. The van der Waals surface area contributed by atoms with Crippen molar-refractivity contribution in [3.8, 4) is 5.75 Å². The summed E-state index contributed by atoms with van der Waals surface area (Å²) in [7, 11) is 0. The summed E-state index contributed by atoms with van der Waals surface area (Å²) in [5.74, 6) is 0.957. The number of nitrogens with zero attached hydrogens (tertiary/aromatic N) is 1. The van der Waals surface area contributed by atoms with E-state index in [0.29, 0.717) is 28.8 Å². The average molecular weight is 399 g/mol. The molecular weight excluding hydrogens is 378 g/mol. The van der Waals surface area contributed by atoms with Crippen LogP contribution in [0.15, 0.2) is 66.7 Å². The second kappa shape index (κ2) is 6.39. The first-order valence-electron chi connectivity index (χ1n) is 10.5. The molecule has 1 aliphatic heterocycles. The van der Waals surface area contributed by atoms with Gasteiger partial charge in [-0.2, -0.15) is 0 Å². The molecule has 0 N–H and O–H groups in total. The molecular formula is C25H21NO4. The van der Waals surface area contributed by atoms with E-state index in [1.165, 1.54) is 4.90 Å². The number of hydrogen-bond donors (Lipinski definition) is 0. The van der Waals surface area contributed by atoms with Crippen molar-refractivity contribution in [2.75, 3.05) is 11.5 Å². The van der Waals surface area contributed by atoms with Crippen LogP contribution in [0.4, 0.5) is 5.69 Å². The minimum Gasteiger partial charge on any atom is -0.483 e. The summed E-state index contributed by atoms with van der Waals surface area (Å²) in [5, 5.41) is 0. The Kier molecular flexibility index (Phi) is 3.76. The van der Waals surface area contributed by atoms with Crippen LogP contribution in [0, 0.1) is 35.5 Å². The number of Topliss-reactive ketones (excluding diaryl/α,β-unsaturated/α-hetero) is 1. The van der Waals surface area contributed by atoms with Gasteiger partial charge in [-0.05, 0) is 42.2 Å². The molecule has 4 aliphatic carbocycles. The Morgan fingerprint density at radius 3 is 2.13 bits per heavy atom. The van der Waals surface area contributed by atoms with Crippen LogP contribution in [0.25, 0.3) is 0 Å². The highest BCUT2D eigenvalue weighted by Gasteiger charge is 2.67. The van der Waals surface area contributed by atoms with Crippen LogP contribution in [0.3, 0.4) is 0 Å². The highest BCUT2D eigenvalue weighted by atomic mass is 16.5. The summed E-state index contributed by atoms with van der Waals surface area (Å²) < 4.78 is 5.80. The van der Waals surface area contributed by atoms with E-state index >= 15 is 0 Å². The Hall–Kier alpha value is -3.21. The Morgan fingerprint density at radius 1 is 0.867 bits per heavy atom. The number of rotatable bonds is 5. The zero-order valence-electron chi connectivity index (χ0n) is 16.3. The third-order valence-electron chi connectivity index (χ3n) is 7.22. The molecule has 30 heavy (non-hydrogen) atoms. The van der Waals surface area contributed by atoms with E-state index < -0.39 is 0 Å². The van der Waals surface area contributed by atoms with Gasteiger partial charge in [-0.15, -0.1) is 0 Å². The monoisotopic (exact) mass is 399 g/mol. The van der Waals surface area contributed by atoms with E-state index in [0.717, 1.165) is 6.42 Å². The van der Waals surface area contributed by atoms with Crippen molar-refractivity contribution in [2.24, 2.45) is 35.5 Å². The maximum atomic E-state index is 13.4. The predicted octanol–water partition coefficient (Wildman–Crippen LogP) is 3.51. The van der Waals surface area contributed by atoms with E-state index in [-0.39, 0.29) is 47.9 Å². The lowest BCUT2D eigenvalue weighted by Crippen LogP contribution is -2.40. The number of anilines is 1. The zero-order chi connectivity index (χ0) is 20.4. The minimum absolute atomic E-state index is 0.125. The van der Waals surface area contributed by atoms with E-state index in [2.05, 4.69) is 12.2 Å². The van der Waals surface area contributed by atoms with Crippen molar-refractivity contribution < 1.29 is 19.1 Å². The van der Waals surface area contributed by atoms with Crippen molar-refractivity contribution in [3.05, 3.63) is 72.3 Å². The summed E-state index contributed by atoms with van der Waals surface area (Å²) in [6, 6.07) is 15.9. The van der Waals surface area contributed by atoms with Crippen LogP contribution in [-0.2, 0) is 9.59 Å². The van der Waals surface area contributed by atoms with Gasteiger partial charge in [0.15, 0.2) is 12.4 Å². The van der Waals surface area contributed by atoms with Gasteiger partial charge in [0.2, 0.25) is 11.8 Å².